The number of aldehydes is 1. The van der Waals surface area contributed by atoms with Gasteiger partial charge in [0, 0.05) is 6.42 Å². The fourth-order valence-corrected chi connectivity index (χ4v) is 1.90. The molecule has 0 saturated carbocycles. The van der Waals surface area contributed by atoms with Crippen LogP contribution in [0, 0.1) is 10.8 Å². The maximum atomic E-state index is 11.0. The first-order valence-corrected chi connectivity index (χ1v) is 6.11. The van der Waals surface area contributed by atoms with E-state index in [0.29, 0.717) is 12.0 Å². The van der Waals surface area contributed by atoms with Gasteiger partial charge in [0.15, 0.2) is 0 Å². The van der Waals surface area contributed by atoms with E-state index in [-0.39, 0.29) is 10.8 Å². The van der Waals surface area contributed by atoms with Crippen LogP contribution in [0.25, 0.3) is 0 Å². The molecule has 2 heteroatoms. The van der Waals surface area contributed by atoms with Crippen LogP contribution in [0.2, 0.25) is 0 Å². The molecule has 0 fully saturated rings. The Morgan fingerprint density at radius 2 is 1.76 bits per heavy atom. The van der Waals surface area contributed by atoms with Crippen molar-refractivity contribution in [3.63, 3.8) is 0 Å². The third-order valence-corrected chi connectivity index (χ3v) is 3.52. The molecule has 0 heterocycles. The lowest BCUT2D eigenvalue weighted by atomic mass is 9.67. The van der Waals surface area contributed by atoms with Gasteiger partial charge >= 0.3 is 0 Å². The Morgan fingerprint density at radius 1 is 1.24 bits per heavy atom. The van der Waals surface area contributed by atoms with Gasteiger partial charge < -0.3 is 5.11 Å². The first kappa shape index (κ1) is 14.2. The molecular weight excluding hydrogens is 212 g/mol. The smallest absolute Gasteiger partial charge is 0.146 e. The van der Waals surface area contributed by atoms with E-state index in [1.54, 1.807) is 0 Å². The summed E-state index contributed by atoms with van der Waals surface area (Å²) in [6.45, 7) is 12.3. The molecule has 1 rings (SSSR count). The highest BCUT2D eigenvalue weighted by Crippen LogP contribution is 2.43. The van der Waals surface area contributed by atoms with Gasteiger partial charge in [0.2, 0.25) is 0 Å². The van der Waals surface area contributed by atoms with Crippen LogP contribution >= 0.6 is 0 Å². The van der Waals surface area contributed by atoms with Crippen molar-refractivity contribution in [2.45, 2.75) is 53.6 Å². The van der Waals surface area contributed by atoms with Crippen LogP contribution in [-0.4, -0.2) is 17.0 Å². The molecule has 1 atom stereocenters. The third kappa shape index (κ3) is 2.86. The van der Waals surface area contributed by atoms with Crippen LogP contribution in [0.5, 0.6) is 0 Å². The molecular formula is C15H24O2. The first-order chi connectivity index (χ1) is 7.49. The van der Waals surface area contributed by atoms with Gasteiger partial charge in [-0.05, 0) is 28.1 Å². The summed E-state index contributed by atoms with van der Waals surface area (Å²) in [5.74, 6) is 0. The Kier molecular flexibility index (Phi) is 3.41. The van der Waals surface area contributed by atoms with Gasteiger partial charge in [-0.1, -0.05) is 47.6 Å². The first-order valence-electron chi connectivity index (χ1n) is 6.11. The number of aliphatic hydroxyl groups is 1. The van der Waals surface area contributed by atoms with E-state index in [1.807, 2.05) is 32.9 Å². The van der Waals surface area contributed by atoms with Crippen molar-refractivity contribution in [1.29, 1.82) is 0 Å². The van der Waals surface area contributed by atoms with Gasteiger partial charge in [-0.25, -0.2) is 0 Å². The average molecular weight is 236 g/mol. The number of allylic oxidation sites excluding steroid dienone is 2. The second kappa shape index (κ2) is 4.09. The zero-order valence-corrected chi connectivity index (χ0v) is 11.8. The quantitative estimate of drug-likeness (QED) is 0.709. The molecule has 1 unspecified atom stereocenters. The summed E-state index contributed by atoms with van der Waals surface area (Å²) < 4.78 is 0. The second-order valence-electron chi connectivity index (χ2n) is 7.04. The van der Waals surface area contributed by atoms with E-state index in [9.17, 15) is 9.90 Å². The monoisotopic (exact) mass is 236 g/mol. The van der Waals surface area contributed by atoms with Crippen molar-refractivity contribution in [1.82, 2.24) is 0 Å². The fraction of sp³-hybridized carbons (Fsp3) is 0.667. The Hall–Kier alpha value is -0.890. The fourth-order valence-electron chi connectivity index (χ4n) is 1.90. The lowest BCUT2D eigenvalue weighted by molar-refractivity contribution is -0.106. The Labute approximate surface area is 104 Å². The molecule has 0 spiro atoms. The molecule has 0 amide bonds. The molecule has 1 aliphatic carbocycles. The molecule has 0 radical (unpaired) electrons. The van der Waals surface area contributed by atoms with E-state index in [2.05, 4.69) is 20.8 Å². The Balaban J connectivity index is 3.29. The average Bonchev–Trinajstić information content (AvgIpc) is 2.13. The van der Waals surface area contributed by atoms with Crippen molar-refractivity contribution in [3.8, 4) is 0 Å². The lowest BCUT2D eigenvalue weighted by Crippen LogP contribution is -2.43. The summed E-state index contributed by atoms with van der Waals surface area (Å²) in [4.78, 5) is 11.0. The van der Waals surface area contributed by atoms with Crippen LogP contribution in [0.3, 0.4) is 0 Å². The largest absolute Gasteiger partial charge is 0.385 e. The predicted octanol–water partition coefficient (Wildman–Crippen LogP) is 3.27. The van der Waals surface area contributed by atoms with Gasteiger partial charge in [0.05, 0.1) is 5.60 Å². The number of hydrogen-bond acceptors (Lipinski definition) is 2. The van der Waals surface area contributed by atoms with Crippen molar-refractivity contribution in [2.75, 3.05) is 0 Å². The van der Waals surface area contributed by atoms with E-state index >= 15 is 0 Å². The maximum absolute atomic E-state index is 11.0. The van der Waals surface area contributed by atoms with Gasteiger partial charge in [0.1, 0.15) is 6.29 Å². The van der Waals surface area contributed by atoms with Gasteiger partial charge in [0.25, 0.3) is 0 Å². The summed E-state index contributed by atoms with van der Waals surface area (Å²) in [7, 11) is 0. The van der Waals surface area contributed by atoms with Crippen LogP contribution in [0.4, 0.5) is 0 Å². The Morgan fingerprint density at radius 3 is 2.12 bits per heavy atom. The molecule has 1 N–H and O–H groups in total. The Bertz CT molecular complexity index is 375. The molecule has 0 aliphatic heterocycles. The molecule has 0 saturated heterocycles. The number of carbonyl (C=O) groups excluding carboxylic acids is 1. The minimum atomic E-state index is -0.944. The standard InChI is InChI=1S/C15H24O2/c1-13(2,3)12-7-11(10-16)8-15(17,9-12)14(4,5)6/h7,9-10,17H,8H2,1-6H3. The summed E-state index contributed by atoms with van der Waals surface area (Å²) in [5, 5.41) is 10.8. The van der Waals surface area contributed by atoms with Crippen LogP contribution in [-0.2, 0) is 4.79 Å². The second-order valence-corrected chi connectivity index (χ2v) is 7.04. The highest BCUT2D eigenvalue weighted by molar-refractivity contribution is 5.76. The van der Waals surface area contributed by atoms with Gasteiger partial charge in [-0.15, -0.1) is 0 Å². The van der Waals surface area contributed by atoms with Crippen molar-refractivity contribution in [2.24, 2.45) is 10.8 Å². The molecule has 17 heavy (non-hydrogen) atoms. The van der Waals surface area contributed by atoms with Crippen molar-refractivity contribution < 1.29 is 9.90 Å². The summed E-state index contributed by atoms with van der Waals surface area (Å²) in [6.07, 6.45) is 5.10. The molecule has 0 aromatic heterocycles. The number of hydrogen-bond donors (Lipinski definition) is 1. The van der Waals surface area contributed by atoms with Crippen molar-refractivity contribution >= 4 is 6.29 Å². The van der Waals surface area contributed by atoms with Crippen LogP contribution in [0.1, 0.15) is 48.0 Å². The molecule has 2 nitrogen and oxygen atoms in total. The number of rotatable bonds is 1. The molecule has 0 aromatic rings. The van der Waals surface area contributed by atoms with E-state index < -0.39 is 5.60 Å². The van der Waals surface area contributed by atoms with E-state index in [0.717, 1.165) is 11.9 Å². The number of carbonyl (C=O) groups is 1. The van der Waals surface area contributed by atoms with Gasteiger partial charge in [-0.2, -0.15) is 0 Å². The van der Waals surface area contributed by atoms with E-state index in [1.165, 1.54) is 0 Å². The molecule has 1 aliphatic rings. The van der Waals surface area contributed by atoms with Crippen molar-refractivity contribution in [3.05, 3.63) is 23.3 Å². The highest BCUT2D eigenvalue weighted by Gasteiger charge is 2.41. The SMILES string of the molecule is CC(C)(C)C1=CC(O)(C(C)(C)C)CC(C=O)=C1. The minimum absolute atomic E-state index is 0.0616. The minimum Gasteiger partial charge on any atom is -0.385 e. The molecule has 96 valence electrons. The highest BCUT2D eigenvalue weighted by atomic mass is 16.3. The van der Waals surface area contributed by atoms with Crippen LogP contribution < -0.4 is 0 Å². The van der Waals surface area contributed by atoms with E-state index in [4.69, 9.17) is 0 Å². The molecule has 0 bridgehead atoms. The summed E-state index contributed by atoms with van der Waals surface area (Å²) >= 11 is 0. The zero-order valence-electron chi connectivity index (χ0n) is 11.8. The van der Waals surface area contributed by atoms with Crippen LogP contribution in [0.15, 0.2) is 23.3 Å². The van der Waals surface area contributed by atoms with Gasteiger partial charge in [-0.3, -0.25) is 4.79 Å². The third-order valence-electron chi connectivity index (χ3n) is 3.52. The zero-order chi connectivity index (χ0) is 13.5. The normalized spacial score (nSPS) is 26.3. The lowest BCUT2D eigenvalue weighted by Gasteiger charge is -2.42. The summed E-state index contributed by atoms with van der Waals surface area (Å²) in [5.41, 5.74) is 0.415. The predicted molar refractivity (Wildman–Crippen MR) is 70.7 cm³/mol. The topological polar surface area (TPSA) is 37.3 Å². The summed E-state index contributed by atoms with van der Waals surface area (Å²) in [6, 6.07) is 0. The maximum Gasteiger partial charge on any atom is 0.146 e. The molecule has 0 aromatic carbocycles.